The van der Waals surface area contributed by atoms with Crippen molar-refractivity contribution < 1.29 is 5.11 Å². The van der Waals surface area contributed by atoms with E-state index in [-0.39, 0.29) is 6.10 Å². The number of hydrogen-bond acceptors (Lipinski definition) is 2. The maximum Gasteiger partial charge on any atom is 0.0526 e. The van der Waals surface area contributed by atoms with Crippen molar-refractivity contribution in [3.05, 3.63) is 0 Å². The minimum atomic E-state index is -0.222. The molecule has 0 rings (SSSR count). The van der Waals surface area contributed by atoms with Crippen molar-refractivity contribution in [2.45, 2.75) is 45.3 Å². The number of nitrogens with one attached hydrogen (secondary N) is 1. The fraction of sp³-hybridized carbons (Fsp3) is 0.800. The van der Waals surface area contributed by atoms with E-state index in [4.69, 9.17) is 11.5 Å². The summed E-state index contributed by atoms with van der Waals surface area (Å²) in [6.45, 7) is 4.82. The van der Waals surface area contributed by atoms with Crippen molar-refractivity contribution in [1.29, 1.82) is 0 Å². The van der Waals surface area contributed by atoms with Gasteiger partial charge in [0.15, 0.2) is 0 Å². The predicted octanol–water partition coefficient (Wildman–Crippen LogP) is 1.15. The highest BCUT2D eigenvalue weighted by molar-refractivity contribution is 4.83. The molecule has 0 bridgehead atoms. The van der Waals surface area contributed by atoms with Crippen LogP contribution in [-0.2, 0) is 0 Å². The van der Waals surface area contributed by atoms with Gasteiger partial charge in [0, 0.05) is 12.5 Å². The molecule has 0 aromatic carbocycles. The zero-order valence-corrected chi connectivity index (χ0v) is 8.01. The minimum Gasteiger partial charge on any atom is -0.393 e. The Bertz CT molecular complexity index is 137. The molecule has 0 saturated carbocycles. The van der Waals surface area contributed by atoms with Gasteiger partial charge in [0.05, 0.1) is 6.10 Å². The van der Waals surface area contributed by atoms with Crippen molar-refractivity contribution in [3.8, 4) is 12.3 Å². The molecule has 0 aliphatic rings. The van der Waals surface area contributed by atoms with Gasteiger partial charge >= 0.3 is 0 Å². The number of hydrogen-bond donors (Lipinski definition) is 2. The van der Waals surface area contributed by atoms with E-state index in [1.165, 1.54) is 0 Å². The summed E-state index contributed by atoms with van der Waals surface area (Å²) in [7, 11) is 0. The normalized spacial score (nSPS) is 15.2. The van der Waals surface area contributed by atoms with E-state index in [0.29, 0.717) is 6.04 Å². The van der Waals surface area contributed by atoms with E-state index in [9.17, 15) is 0 Å². The molecule has 0 aliphatic heterocycles. The number of terminal acetylenes is 1. The zero-order valence-electron chi connectivity index (χ0n) is 8.01. The molecule has 0 heterocycles. The molecule has 0 aromatic rings. The van der Waals surface area contributed by atoms with Crippen LogP contribution in [0.1, 0.15) is 33.1 Å². The molecular weight excluding hydrogens is 150 g/mol. The molecule has 2 unspecified atom stereocenters. The first-order valence-corrected chi connectivity index (χ1v) is 4.51. The second-order valence-electron chi connectivity index (χ2n) is 3.25. The summed E-state index contributed by atoms with van der Waals surface area (Å²) in [5.41, 5.74) is 0. The number of aliphatic hydroxyl groups excluding tert-OH is 1. The average molecular weight is 169 g/mol. The Morgan fingerprint density at radius 1 is 1.50 bits per heavy atom. The van der Waals surface area contributed by atoms with E-state index < -0.39 is 0 Å². The van der Waals surface area contributed by atoms with Crippen LogP contribution in [0.4, 0.5) is 0 Å². The third-order valence-corrected chi connectivity index (χ3v) is 1.69. The fourth-order valence-electron chi connectivity index (χ4n) is 1.13. The number of aliphatic hydroxyl groups is 1. The van der Waals surface area contributed by atoms with Crippen LogP contribution in [0.25, 0.3) is 0 Å². The fourth-order valence-corrected chi connectivity index (χ4v) is 1.13. The van der Waals surface area contributed by atoms with Gasteiger partial charge in [-0.3, -0.25) is 0 Å². The lowest BCUT2D eigenvalue weighted by Gasteiger charge is -2.14. The lowest BCUT2D eigenvalue weighted by atomic mass is 10.1. The van der Waals surface area contributed by atoms with Gasteiger partial charge in [0.1, 0.15) is 0 Å². The van der Waals surface area contributed by atoms with Crippen LogP contribution < -0.4 is 5.32 Å². The molecule has 2 nitrogen and oxygen atoms in total. The van der Waals surface area contributed by atoms with Gasteiger partial charge in [-0.1, -0.05) is 0 Å². The van der Waals surface area contributed by atoms with E-state index in [1.54, 1.807) is 6.92 Å². The summed E-state index contributed by atoms with van der Waals surface area (Å²) in [6.07, 6.45) is 7.53. The summed E-state index contributed by atoms with van der Waals surface area (Å²) in [5.74, 6) is 2.59. The molecular formula is C10H19NO. The lowest BCUT2D eigenvalue weighted by molar-refractivity contribution is 0.171. The quantitative estimate of drug-likeness (QED) is 0.462. The summed E-state index contributed by atoms with van der Waals surface area (Å²) in [5, 5.41) is 12.3. The maximum atomic E-state index is 9.05. The number of unbranched alkanes of at least 4 members (excludes halogenated alkanes) is 1. The first kappa shape index (κ1) is 11.5. The minimum absolute atomic E-state index is 0.222. The molecule has 0 spiro atoms. The van der Waals surface area contributed by atoms with Crippen LogP contribution in [0.15, 0.2) is 0 Å². The summed E-state index contributed by atoms with van der Waals surface area (Å²) >= 11 is 0. The van der Waals surface area contributed by atoms with Crippen LogP contribution >= 0.6 is 0 Å². The van der Waals surface area contributed by atoms with Crippen LogP contribution in [0.2, 0.25) is 0 Å². The first-order chi connectivity index (χ1) is 5.66. The highest BCUT2D eigenvalue weighted by Gasteiger charge is 2.03. The van der Waals surface area contributed by atoms with Crippen molar-refractivity contribution in [2.24, 2.45) is 0 Å². The highest BCUT2D eigenvalue weighted by atomic mass is 16.3. The standard InChI is InChI=1S/C10H19NO/c1-4-5-6-7-11-9(2)8-10(3)12/h1,9-12H,5-8H2,2-3H3. The largest absolute Gasteiger partial charge is 0.393 e. The van der Waals surface area contributed by atoms with Gasteiger partial charge in [-0.25, -0.2) is 0 Å². The SMILES string of the molecule is C#CCCCNC(C)CC(C)O. The van der Waals surface area contributed by atoms with E-state index in [0.717, 1.165) is 25.8 Å². The van der Waals surface area contributed by atoms with Crippen molar-refractivity contribution in [3.63, 3.8) is 0 Å². The lowest BCUT2D eigenvalue weighted by Crippen LogP contribution is -2.29. The Hall–Kier alpha value is -0.520. The van der Waals surface area contributed by atoms with E-state index in [1.807, 2.05) is 0 Å². The molecule has 2 N–H and O–H groups in total. The molecule has 2 heteroatoms. The predicted molar refractivity (Wildman–Crippen MR) is 51.8 cm³/mol. The Morgan fingerprint density at radius 2 is 2.17 bits per heavy atom. The maximum absolute atomic E-state index is 9.05. The van der Waals surface area contributed by atoms with Gasteiger partial charge in [-0.05, 0) is 33.2 Å². The molecule has 2 atom stereocenters. The van der Waals surface area contributed by atoms with Gasteiger partial charge in [0.2, 0.25) is 0 Å². The molecule has 0 aliphatic carbocycles. The van der Waals surface area contributed by atoms with Gasteiger partial charge in [-0.2, -0.15) is 0 Å². The first-order valence-electron chi connectivity index (χ1n) is 4.51. The second kappa shape index (κ2) is 7.15. The topological polar surface area (TPSA) is 32.3 Å². The highest BCUT2D eigenvalue weighted by Crippen LogP contribution is 1.96. The summed E-state index contributed by atoms with van der Waals surface area (Å²) in [4.78, 5) is 0. The van der Waals surface area contributed by atoms with Crippen molar-refractivity contribution >= 4 is 0 Å². The van der Waals surface area contributed by atoms with E-state index >= 15 is 0 Å². The Kier molecular flexibility index (Phi) is 6.84. The van der Waals surface area contributed by atoms with Crippen LogP contribution in [-0.4, -0.2) is 23.8 Å². The Labute approximate surface area is 75.4 Å². The molecule has 0 fully saturated rings. The number of rotatable bonds is 6. The molecule has 0 aromatic heterocycles. The molecule has 70 valence electrons. The second-order valence-corrected chi connectivity index (χ2v) is 3.25. The van der Waals surface area contributed by atoms with Crippen LogP contribution in [0.5, 0.6) is 0 Å². The third kappa shape index (κ3) is 7.59. The van der Waals surface area contributed by atoms with Crippen molar-refractivity contribution in [1.82, 2.24) is 5.32 Å². The smallest absolute Gasteiger partial charge is 0.0526 e. The van der Waals surface area contributed by atoms with Gasteiger partial charge < -0.3 is 10.4 Å². The Balaban J connectivity index is 3.20. The molecule has 0 amide bonds. The Morgan fingerprint density at radius 3 is 2.67 bits per heavy atom. The summed E-state index contributed by atoms with van der Waals surface area (Å²) < 4.78 is 0. The molecule has 0 saturated heterocycles. The summed E-state index contributed by atoms with van der Waals surface area (Å²) in [6, 6.07) is 0.378. The molecule has 0 radical (unpaired) electrons. The third-order valence-electron chi connectivity index (χ3n) is 1.69. The van der Waals surface area contributed by atoms with Gasteiger partial charge in [-0.15, -0.1) is 12.3 Å². The molecule has 12 heavy (non-hydrogen) atoms. The average Bonchev–Trinajstić information content (AvgIpc) is 1.97. The van der Waals surface area contributed by atoms with Crippen LogP contribution in [0.3, 0.4) is 0 Å². The van der Waals surface area contributed by atoms with Crippen molar-refractivity contribution in [2.75, 3.05) is 6.54 Å². The monoisotopic (exact) mass is 169 g/mol. The van der Waals surface area contributed by atoms with Gasteiger partial charge in [0.25, 0.3) is 0 Å². The van der Waals surface area contributed by atoms with E-state index in [2.05, 4.69) is 18.2 Å². The zero-order chi connectivity index (χ0) is 9.40. The van der Waals surface area contributed by atoms with Crippen LogP contribution in [0, 0.1) is 12.3 Å².